The molecule has 0 radical (unpaired) electrons. The van der Waals surface area contributed by atoms with E-state index in [1.165, 1.54) is 35.0 Å². The Hall–Kier alpha value is -2.34. The van der Waals surface area contributed by atoms with E-state index in [4.69, 9.17) is 17.3 Å². The van der Waals surface area contributed by atoms with Crippen LogP contribution in [0.2, 0.25) is 5.02 Å². The Balaban J connectivity index is 2.11. The molecule has 0 aliphatic carbocycles. The Morgan fingerprint density at radius 3 is 2.80 bits per heavy atom. The van der Waals surface area contributed by atoms with E-state index in [1.807, 2.05) is 0 Å². The average molecular weight is 296 g/mol. The molecule has 0 aliphatic rings. The highest BCUT2D eigenvalue weighted by Gasteiger charge is 2.07. The van der Waals surface area contributed by atoms with Crippen molar-refractivity contribution in [3.8, 4) is 0 Å². The monoisotopic (exact) mass is 295 g/mol. The van der Waals surface area contributed by atoms with Crippen LogP contribution < -0.4 is 16.6 Å². The molecule has 1 amide bonds. The van der Waals surface area contributed by atoms with Crippen molar-refractivity contribution in [2.75, 3.05) is 11.1 Å². The number of amides is 1. The van der Waals surface area contributed by atoms with Crippen LogP contribution in [0, 0.1) is 5.82 Å². The number of anilines is 2. The predicted octanol–water partition coefficient (Wildman–Crippen LogP) is 1.86. The van der Waals surface area contributed by atoms with Crippen molar-refractivity contribution in [3.63, 3.8) is 0 Å². The van der Waals surface area contributed by atoms with E-state index in [9.17, 15) is 14.0 Å². The molecule has 0 atom stereocenters. The fraction of sp³-hybridized carbons (Fsp3) is 0.0769. The van der Waals surface area contributed by atoms with Gasteiger partial charge in [-0.3, -0.25) is 9.59 Å². The summed E-state index contributed by atoms with van der Waals surface area (Å²) in [5, 5.41) is 2.42. The first-order chi connectivity index (χ1) is 9.45. The number of benzene rings is 1. The smallest absolute Gasteiger partial charge is 0.251 e. The lowest BCUT2D eigenvalue weighted by Gasteiger charge is -2.08. The second kappa shape index (κ2) is 5.75. The first-order valence-electron chi connectivity index (χ1n) is 5.66. The van der Waals surface area contributed by atoms with E-state index >= 15 is 0 Å². The minimum atomic E-state index is -0.572. The Kier molecular flexibility index (Phi) is 4.05. The number of hydrogen-bond donors (Lipinski definition) is 2. The molecule has 0 spiro atoms. The number of nitrogens with zero attached hydrogens (tertiary/aromatic N) is 1. The molecule has 1 aromatic heterocycles. The Labute approximate surface area is 118 Å². The molecule has 0 saturated heterocycles. The van der Waals surface area contributed by atoms with Crippen molar-refractivity contribution in [1.29, 1.82) is 0 Å². The van der Waals surface area contributed by atoms with Crippen molar-refractivity contribution in [2.45, 2.75) is 6.54 Å². The van der Waals surface area contributed by atoms with Crippen molar-refractivity contribution in [2.24, 2.45) is 0 Å². The molecule has 1 aromatic carbocycles. The van der Waals surface area contributed by atoms with Gasteiger partial charge in [0.2, 0.25) is 5.91 Å². The molecular formula is C13H11ClFN3O2. The normalized spacial score (nSPS) is 10.3. The third-order valence-corrected chi connectivity index (χ3v) is 2.81. The molecule has 3 N–H and O–H groups in total. The number of aromatic nitrogens is 1. The Bertz CT molecular complexity index is 715. The van der Waals surface area contributed by atoms with Gasteiger partial charge in [-0.2, -0.15) is 0 Å². The maximum atomic E-state index is 13.0. The number of carbonyl (C=O) groups excluding carboxylic acids is 1. The minimum absolute atomic E-state index is 0.0936. The summed E-state index contributed by atoms with van der Waals surface area (Å²) in [7, 11) is 0. The van der Waals surface area contributed by atoms with Gasteiger partial charge in [-0.15, -0.1) is 0 Å². The van der Waals surface area contributed by atoms with E-state index in [0.717, 1.165) is 6.07 Å². The minimum Gasteiger partial charge on any atom is -0.398 e. The number of hydrogen-bond acceptors (Lipinski definition) is 3. The number of carbonyl (C=O) groups is 1. The van der Waals surface area contributed by atoms with Crippen LogP contribution in [0.25, 0.3) is 0 Å². The number of rotatable bonds is 3. The second-order valence-corrected chi connectivity index (χ2v) is 4.51. The zero-order valence-electron chi connectivity index (χ0n) is 10.3. The number of halogens is 2. The van der Waals surface area contributed by atoms with Gasteiger partial charge < -0.3 is 15.6 Å². The van der Waals surface area contributed by atoms with Crippen LogP contribution in [0.5, 0.6) is 0 Å². The molecule has 0 unspecified atom stereocenters. The molecule has 2 aromatic rings. The van der Waals surface area contributed by atoms with Gasteiger partial charge >= 0.3 is 0 Å². The highest BCUT2D eigenvalue weighted by Crippen LogP contribution is 2.19. The molecule has 20 heavy (non-hydrogen) atoms. The van der Waals surface area contributed by atoms with E-state index < -0.39 is 11.7 Å². The molecule has 104 valence electrons. The van der Waals surface area contributed by atoms with Crippen molar-refractivity contribution >= 4 is 28.9 Å². The van der Waals surface area contributed by atoms with Crippen LogP contribution in [-0.4, -0.2) is 10.5 Å². The first kappa shape index (κ1) is 14.1. The number of nitrogen functional groups attached to an aromatic ring is 1. The summed E-state index contributed by atoms with van der Waals surface area (Å²) in [6.45, 7) is -0.196. The van der Waals surface area contributed by atoms with Crippen molar-refractivity contribution in [1.82, 2.24) is 4.57 Å². The van der Waals surface area contributed by atoms with Crippen LogP contribution >= 0.6 is 11.6 Å². The zero-order chi connectivity index (χ0) is 14.7. The third kappa shape index (κ3) is 3.36. The van der Waals surface area contributed by atoms with E-state index in [2.05, 4.69) is 5.32 Å². The molecular weight excluding hydrogens is 285 g/mol. The summed E-state index contributed by atoms with van der Waals surface area (Å²) in [5.74, 6) is -1.02. The van der Waals surface area contributed by atoms with E-state index in [0.29, 0.717) is 11.4 Å². The molecule has 0 fully saturated rings. The number of pyridine rings is 1. The van der Waals surface area contributed by atoms with Gasteiger partial charge in [0.25, 0.3) is 5.56 Å². The van der Waals surface area contributed by atoms with Crippen molar-refractivity contribution < 1.29 is 9.18 Å². The lowest BCUT2D eigenvalue weighted by Crippen LogP contribution is -2.27. The van der Waals surface area contributed by atoms with Gasteiger partial charge in [0.05, 0.1) is 5.02 Å². The quantitative estimate of drug-likeness (QED) is 0.907. The summed E-state index contributed by atoms with van der Waals surface area (Å²) in [6, 6.07) is 6.54. The molecule has 0 saturated carbocycles. The van der Waals surface area contributed by atoms with Crippen LogP contribution in [0.1, 0.15) is 0 Å². The summed E-state index contributed by atoms with van der Waals surface area (Å²) < 4.78 is 14.2. The molecule has 1 heterocycles. The Morgan fingerprint density at radius 2 is 2.10 bits per heavy atom. The standard InChI is InChI=1S/C13H11ClFN3O2/c14-10-5-9(2-3-11(10)15)17-12(19)7-18-6-8(16)1-4-13(18)20/h1-6H,7,16H2,(H,17,19). The van der Waals surface area contributed by atoms with Gasteiger partial charge in [0.1, 0.15) is 12.4 Å². The maximum absolute atomic E-state index is 13.0. The number of nitrogens with two attached hydrogens (primary N) is 1. The van der Waals surface area contributed by atoms with Gasteiger partial charge in [-0.1, -0.05) is 11.6 Å². The molecule has 2 rings (SSSR count). The highest BCUT2D eigenvalue weighted by molar-refractivity contribution is 6.31. The maximum Gasteiger partial charge on any atom is 0.251 e. The SMILES string of the molecule is Nc1ccc(=O)n(CC(=O)Nc2ccc(F)c(Cl)c2)c1. The lowest BCUT2D eigenvalue weighted by atomic mass is 10.3. The zero-order valence-corrected chi connectivity index (χ0v) is 11.0. The largest absolute Gasteiger partial charge is 0.398 e. The molecule has 7 heteroatoms. The topological polar surface area (TPSA) is 77.1 Å². The number of nitrogens with one attached hydrogen (secondary N) is 1. The summed E-state index contributed by atoms with van der Waals surface area (Å²) in [6.07, 6.45) is 1.37. The van der Waals surface area contributed by atoms with Gasteiger partial charge in [0.15, 0.2) is 0 Å². The fourth-order valence-corrected chi connectivity index (χ4v) is 1.78. The third-order valence-electron chi connectivity index (χ3n) is 2.52. The fourth-order valence-electron chi connectivity index (χ4n) is 1.60. The average Bonchev–Trinajstić information content (AvgIpc) is 2.38. The Morgan fingerprint density at radius 1 is 1.35 bits per heavy atom. The van der Waals surface area contributed by atoms with Crippen LogP contribution in [0.3, 0.4) is 0 Å². The van der Waals surface area contributed by atoms with E-state index in [1.54, 1.807) is 0 Å². The molecule has 0 bridgehead atoms. The van der Waals surface area contributed by atoms with Gasteiger partial charge in [-0.25, -0.2) is 4.39 Å². The summed E-state index contributed by atoms with van der Waals surface area (Å²) in [5.41, 5.74) is 5.92. The van der Waals surface area contributed by atoms with Crippen LogP contribution in [0.4, 0.5) is 15.8 Å². The molecule has 5 nitrogen and oxygen atoms in total. The summed E-state index contributed by atoms with van der Waals surface area (Å²) in [4.78, 5) is 23.3. The lowest BCUT2D eigenvalue weighted by molar-refractivity contribution is -0.116. The summed E-state index contributed by atoms with van der Waals surface area (Å²) >= 11 is 5.61. The van der Waals surface area contributed by atoms with Gasteiger partial charge in [-0.05, 0) is 24.3 Å². The van der Waals surface area contributed by atoms with Gasteiger partial charge in [0, 0.05) is 23.6 Å². The second-order valence-electron chi connectivity index (χ2n) is 4.11. The van der Waals surface area contributed by atoms with Crippen LogP contribution in [-0.2, 0) is 11.3 Å². The van der Waals surface area contributed by atoms with E-state index in [-0.39, 0.29) is 17.1 Å². The van der Waals surface area contributed by atoms with Crippen molar-refractivity contribution in [3.05, 3.63) is 57.7 Å². The molecule has 0 aliphatic heterocycles. The predicted molar refractivity (Wildman–Crippen MR) is 75.2 cm³/mol. The van der Waals surface area contributed by atoms with Crippen LogP contribution in [0.15, 0.2) is 41.3 Å². The highest BCUT2D eigenvalue weighted by atomic mass is 35.5. The first-order valence-corrected chi connectivity index (χ1v) is 6.04.